The highest BCUT2D eigenvalue weighted by molar-refractivity contribution is 5.70. The first-order valence-corrected chi connectivity index (χ1v) is 5.56. The van der Waals surface area contributed by atoms with Crippen LogP contribution in [0.25, 0.3) is 0 Å². The number of esters is 2. The van der Waals surface area contributed by atoms with Crippen molar-refractivity contribution < 1.29 is 29.0 Å². The predicted octanol–water partition coefficient (Wildman–Crippen LogP) is 1.13. The molecule has 1 unspecified atom stereocenters. The third-order valence-corrected chi connectivity index (χ3v) is 1.99. The summed E-state index contributed by atoms with van der Waals surface area (Å²) >= 11 is 0. The van der Waals surface area contributed by atoms with Crippen LogP contribution < -0.4 is 0 Å². The lowest BCUT2D eigenvalue weighted by Crippen LogP contribution is -2.25. The largest absolute Gasteiger partial charge is 0.481 e. The molecule has 98 valence electrons. The second-order valence-corrected chi connectivity index (χ2v) is 3.43. The van der Waals surface area contributed by atoms with E-state index in [0.717, 1.165) is 0 Å². The molecular formula is C11H18O6. The second-order valence-electron chi connectivity index (χ2n) is 3.43. The van der Waals surface area contributed by atoms with Crippen molar-refractivity contribution in [1.82, 2.24) is 0 Å². The normalized spacial score (nSPS) is 11.6. The number of rotatable bonds is 8. The summed E-state index contributed by atoms with van der Waals surface area (Å²) in [5, 5.41) is 8.53. The summed E-state index contributed by atoms with van der Waals surface area (Å²) in [7, 11) is 0. The molecule has 0 aromatic rings. The summed E-state index contributed by atoms with van der Waals surface area (Å²) in [5.41, 5.74) is 0. The zero-order valence-corrected chi connectivity index (χ0v) is 10.1. The van der Waals surface area contributed by atoms with Crippen LogP contribution in [0.15, 0.2) is 0 Å². The molecule has 1 atom stereocenters. The first-order chi connectivity index (χ1) is 7.99. The van der Waals surface area contributed by atoms with Crippen molar-refractivity contribution in [2.75, 3.05) is 6.61 Å². The summed E-state index contributed by atoms with van der Waals surface area (Å²) in [6.07, 6.45) is -0.253. The van der Waals surface area contributed by atoms with E-state index in [-0.39, 0.29) is 32.3 Å². The van der Waals surface area contributed by atoms with Crippen LogP contribution >= 0.6 is 0 Å². The molecule has 0 aliphatic carbocycles. The van der Waals surface area contributed by atoms with E-state index in [1.807, 2.05) is 0 Å². The van der Waals surface area contributed by atoms with E-state index in [1.165, 1.54) is 0 Å². The van der Waals surface area contributed by atoms with Gasteiger partial charge in [0, 0.05) is 19.3 Å². The van der Waals surface area contributed by atoms with Crippen molar-refractivity contribution >= 4 is 17.9 Å². The molecule has 0 aromatic carbocycles. The highest BCUT2D eigenvalue weighted by Crippen LogP contribution is 2.06. The van der Waals surface area contributed by atoms with Crippen molar-refractivity contribution in [2.24, 2.45) is 0 Å². The lowest BCUT2D eigenvalue weighted by Gasteiger charge is -2.16. The average molecular weight is 246 g/mol. The Labute approximate surface area is 99.9 Å². The third-order valence-electron chi connectivity index (χ3n) is 1.99. The minimum Gasteiger partial charge on any atom is -0.481 e. The number of hydrogen-bond acceptors (Lipinski definition) is 5. The molecule has 0 bridgehead atoms. The van der Waals surface area contributed by atoms with E-state index in [0.29, 0.717) is 0 Å². The first kappa shape index (κ1) is 15.4. The number of ether oxygens (including phenoxy) is 2. The van der Waals surface area contributed by atoms with Gasteiger partial charge in [0.15, 0.2) is 0 Å². The Bertz CT molecular complexity index is 273. The summed E-state index contributed by atoms with van der Waals surface area (Å²) < 4.78 is 9.79. The zero-order valence-electron chi connectivity index (χ0n) is 10.1. The Morgan fingerprint density at radius 3 is 2.18 bits per heavy atom. The highest BCUT2D eigenvalue weighted by atomic mass is 16.6. The summed E-state index contributed by atoms with van der Waals surface area (Å²) in [6, 6.07) is 0. The van der Waals surface area contributed by atoms with E-state index < -0.39 is 24.0 Å². The molecule has 0 saturated carbocycles. The molecule has 0 radical (unpaired) electrons. The average Bonchev–Trinajstić information content (AvgIpc) is 2.31. The zero-order chi connectivity index (χ0) is 13.3. The van der Waals surface area contributed by atoms with Gasteiger partial charge in [-0.2, -0.15) is 0 Å². The van der Waals surface area contributed by atoms with Gasteiger partial charge in [0.05, 0.1) is 0 Å². The van der Waals surface area contributed by atoms with Crippen LogP contribution in [0.2, 0.25) is 0 Å². The molecule has 0 rings (SSSR count). The van der Waals surface area contributed by atoms with Crippen molar-refractivity contribution in [2.45, 2.75) is 45.6 Å². The van der Waals surface area contributed by atoms with Crippen molar-refractivity contribution in [3.05, 3.63) is 0 Å². The fraction of sp³-hybridized carbons (Fsp3) is 0.727. The van der Waals surface area contributed by atoms with E-state index >= 15 is 0 Å². The van der Waals surface area contributed by atoms with Crippen LogP contribution in [-0.2, 0) is 23.9 Å². The maximum atomic E-state index is 11.1. The van der Waals surface area contributed by atoms with Gasteiger partial charge < -0.3 is 14.6 Å². The Morgan fingerprint density at radius 2 is 1.71 bits per heavy atom. The number of aliphatic carboxylic acids is 1. The molecular weight excluding hydrogens is 228 g/mol. The maximum Gasteiger partial charge on any atom is 0.305 e. The highest BCUT2D eigenvalue weighted by Gasteiger charge is 2.17. The van der Waals surface area contributed by atoms with Gasteiger partial charge in [0.1, 0.15) is 12.7 Å². The van der Waals surface area contributed by atoms with Crippen LogP contribution in [0.4, 0.5) is 0 Å². The predicted molar refractivity (Wildman–Crippen MR) is 58.3 cm³/mol. The van der Waals surface area contributed by atoms with Crippen LogP contribution in [0.5, 0.6) is 0 Å². The number of carboxylic acid groups (broad SMARTS) is 1. The number of hydrogen-bond donors (Lipinski definition) is 1. The number of carbonyl (C=O) groups excluding carboxylic acids is 2. The minimum atomic E-state index is -0.982. The van der Waals surface area contributed by atoms with Gasteiger partial charge in [-0.15, -0.1) is 0 Å². The Kier molecular flexibility index (Phi) is 7.75. The minimum absolute atomic E-state index is 0.0916. The van der Waals surface area contributed by atoms with Gasteiger partial charge in [0.25, 0.3) is 0 Å². The molecule has 1 N–H and O–H groups in total. The van der Waals surface area contributed by atoms with Crippen molar-refractivity contribution in [3.8, 4) is 0 Å². The molecule has 17 heavy (non-hydrogen) atoms. The van der Waals surface area contributed by atoms with Crippen molar-refractivity contribution in [1.29, 1.82) is 0 Å². The molecule has 0 aromatic heterocycles. The Balaban J connectivity index is 4.14. The monoisotopic (exact) mass is 246 g/mol. The first-order valence-electron chi connectivity index (χ1n) is 5.56. The van der Waals surface area contributed by atoms with Gasteiger partial charge in [-0.1, -0.05) is 13.8 Å². The molecule has 0 aliphatic rings. The second kappa shape index (κ2) is 8.55. The quantitative estimate of drug-likeness (QED) is 0.645. The number of carboxylic acids is 1. The van der Waals surface area contributed by atoms with E-state index in [9.17, 15) is 14.4 Å². The Hall–Kier alpha value is -1.59. The van der Waals surface area contributed by atoms with Crippen LogP contribution in [0.1, 0.15) is 39.5 Å². The van der Waals surface area contributed by atoms with Crippen LogP contribution in [0.3, 0.4) is 0 Å². The van der Waals surface area contributed by atoms with Crippen LogP contribution in [-0.4, -0.2) is 35.7 Å². The maximum absolute atomic E-state index is 11.1. The van der Waals surface area contributed by atoms with Gasteiger partial charge >= 0.3 is 17.9 Å². The van der Waals surface area contributed by atoms with Gasteiger partial charge in [0.2, 0.25) is 0 Å². The topological polar surface area (TPSA) is 89.9 Å². The smallest absolute Gasteiger partial charge is 0.305 e. The lowest BCUT2D eigenvalue weighted by atomic mass is 10.2. The van der Waals surface area contributed by atoms with Crippen LogP contribution in [0, 0.1) is 0 Å². The van der Waals surface area contributed by atoms with Gasteiger partial charge in [-0.3, -0.25) is 14.4 Å². The summed E-state index contributed by atoms with van der Waals surface area (Å²) in [5.74, 6) is -1.82. The van der Waals surface area contributed by atoms with E-state index in [4.69, 9.17) is 14.6 Å². The molecule has 0 spiro atoms. The Morgan fingerprint density at radius 1 is 1.12 bits per heavy atom. The van der Waals surface area contributed by atoms with Gasteiger partial charge in [-0.05, 0) is 6.42 Å². The lowest BCUT2D eigenvalue weighted by molar-refractivity contribution is -0.159. The SMILES string of the molecule is CCC(=O)OCC(CCC(=O)O)OC(=O)CC. The fourth-order valence-corrected chi connectivity index (χ4v) is 1.02. The summed E-state index contributed by atoms with van der Waals surface area (Å²) in [6.45, 7) is 3.19. The molecule has 0 heterocycles. The molecule has 6 heteroatoms. The molecule has 0 fully saturated rings. The molecule has 6 nitrogen and oxygen atoms in total. The summed E-state index contributed by atoms with van der Waals surface area (Å²) in [4.78, 5) is 32.4. The van der Waals surface area contributed by atoms with E-state index in [2.05, 4.69) is 0 Å². The molecule has 0 saturated heterocycles. The van der Waals surface area contributed by atoms with E-state index in [1.54, 1.807) is 13.8 Å². The molecule has 0 aliphatic heterocycles. The standard InChI is InChI=1S/C11H18O6/c1-3-10(14)16-7-8(5-6-9(12)13)17-11(15)4-2/h8H,3-7H2,1-2H3,(H,12,13). The number of carbonyl (C=O) groups is 3. The van der Waals surface area contributed by atoms with Gasteiger partial charge in [-0.25, -0.2) is 0 Å². The molecule has 0 amide bonds. The third kappa shape index (κ3) is 8.24. The van der Waals surface area contributed by atoms with Crippen molar-refractivity contribution in [3.63, 3.8) is 0 Å². The fourth-order valence-electron chi connectivity index (χ4n) is 1.02.